The van der Waals surface area contributed by atoms with E-state index in [1.54, 1.807) is 19.1 Å². The summed E-state index contributed by atoms with van der Waals surface area (Å²) in [7, 11) is -3.21. The van der Waals surface area contributed by atoms with E-state index in [1.807, 2.05) is 23.2 Å². The Hall–Kier alpha value is -3.01. The molecule has 3 aliphatic rings. The van der Waals surface area contributed by atoms with Gasteiger partial charge in [0.25, 0.3) is 0 Å². The largest absolute Gasteiger partial charge is 0.381 e. The maximum Gasteiger partial charge on any atom is 0.219 e. The van der Waals surface area contributed by atoms with Crippen LogP contribution in [0.15, 0.2) is 59.6 Å². The van der Waals surface area contributed by atoms with Crippen molar-refractivity contribution in [2.45, 2.75) is 74.6 Å². The van der Waals surface area contributed by atoms with E-state index in [0.717, 1.165) is 99.7 Å². The number of sulfone groups is 1. The first kappa shape index (κ1) is 29.1. The van der Waals surface area contributed by atoms with Gasteiger partial charge in [0.05, 0.1) is 21.5 Å². The fraction of sp³-hybridized carbons (Fsp3) is 0.515. The van der Waals surface area contributed by atoms with Gasteiger partial charge >= 0.3 is 0 Å². The topological polar surface area (TPSA) is 95.6 Å². The summed E-state index contributed by atoms with van der Waals surface area (Å²) < 4.78 is 31.1. The van der Waals surface area contributed by atoms with Gasteiger partial charge in [-0.2, -0.15) is 0 Å². The summed E-state index contributed by atoms with van der Waals surface area (Å²) >= 11 is 0. The number of aromatic nitrogens is 2. The van der Waals surface area contributed by atoms with E-state index in [9.17, 15) is 13.2 Å². The van der Waals surface area contributed by atoms with E-state index in [4.69, 9.17) is 9.72 Å². The molecule has 0 bridgehead atoms. The molecule has 2 aliphatic heterocycles. The number of nitrogens with one attached hydrogen (secondary N) is 1. The molecule has 1 amide bonds. The second-order valence-corrected chi connectivity index (χ2v) is 14.6. The average molecular weight is 591 g/mol. The van der Waals surface area contributed by atoms with Crippen LogP contribution in [-0.2, 0) is 25.9 Å². The average Bonchev–Trinajstić information content (AvgIpc) is 3.75. The number of ether oxygens (including phenoxy) is 1. The molecule has 3 fully saturated rings. The number of amides is 1. The van der Waals surface area contributed by atoms with Crippen LogP contribution >= 0.6 is 0 Å². The molecule has 42 heavy (non-hydrogen) atoms. The highest BCUT2D eigenvalue weighted by molar-refractivity contribution is 7.92. The van der Waals surface area contributed by atoms with Crippen LogP contribution in [0.5, 0.6) is 0 Å². The van der Waals surface area contributed by atoms with E-state index in [2.05, 4.69) is 41.1 Å². The van der Waals surface area contributed by atoms with Crippen molar-refractivity contribution in [2.24, 2.45) is 5.92 Å². The smallest absolute Gasteiger partial charge is 0.219 e. The molecule has 8 nitrogen and oxygen atoms in total. The molecular weight excluding hydrogens is 548 g/mol. The summed E-state index contributed by atoms with van der Waals surface area (Å²) in [5.74, 6) is 0.837. The minimum absolute atomic E-state index is 0.134. The molecule has 6 rings (SSSR count). The Kier molecular flexibility index (Phi) is 8.52. The zero-order chi connectivity index (χ0) is 29.3. The summed E-state index contributed by atoms with van der Waals surface area (Å²) in [6, 6.07) is 16.3. The highest BCUT2D eigenvalue weighted by Crippen LogP contribution is 2.37. The molecule has 1 aromatic carbocycles. The number of aromatic amines is 1. The van der Waals surface area contributed by atoms with Crippen LogP contribution in [0.4, 0.5) is 0 Å². The van der Waals surface area contributed by atoms with Gasteiger partial charge in [-0.15, -0.1) is 0 Å². The fourth-order valence-electron chi connectivity index (χ4n) is 6.56. The number of benzene rings is 1. The molecule has 1 unspecified atom stereocenters. The van der Waals surface area contributed by atoms with Gasteiger partial charge in [-0.3, -0.25) is 14.7 Å². The summed E-state index contributed by atoms with van der Waals surface area (Å²) in [5.41, 5.74) is 5.29. The van der Waals surface area contributed by atoms with Crippen molar-refractivity contribution < 1.29 is 17.9 Å². The van der Waals surface area contributed by atoms with Crippen LogP contribution in [0.2, 0.25) is 0 Å². The summed E-state index contributed by atoms with van der Waals surface area (Å²) in [4.78, 5) is 25.0. The van der Waals surface area contributed by atoms with Crippen LogP contribution in [0, 0.1) is 5.92 Å². The van der Waals surface area contributed by atoms with Crippen molar-refractivity contribution in [2.75, 3.05) is 32.8 Å². The molecule has 9 heteroatoms. The summed E-state index contributed by atoms with van der Waals surface area (Å²) in [5, 5.41) is -0.202. The van der Waals surface area contributed by atoms with E-state index >= 15 is 0 Å². The number of hydrogen-bond donors (Lipinski definition) is 1. The lowest BCUT2D eigenvalue weighted by Gasteiger charge is -2.39. The van der Waals surface area contributed by atoms with Gasteiger partial charge in [-0.1, -0.05) is 18.2 Å². The first-order valence-corrected chi connectivity index (χ1v) is 16.9. The Labute approximate surface area is 249 Å². The maximum absolute atomic E-state index is 12.8. The summed E-state index contributed by atoms with van der Waals surface area (Å²) in [6.45, 7) is 8.67. The monoisotopic (exact) mass is 590 g/mol. The van der Waals surface area contributed by atoms with Crippen LogP contribution < -0.4 is 0 Å². The normalized spacial score (nSPS) is 21.4. The third-order valence-electron chi connectivity index (χ3n) is 9.19. The third kappa shape index (κ3) is 6.48. The number of rotatable bonds is 9. The molecule has 4 heterocycles. The van der Waals surface area contributed by atoms with Gasteiger partial charge in [-0.25, -0.2) is 8.42 Å². The molecule has 224 valence electrons. The fourth-order valence-corrected chi connectivity index (χ4v) is 8.22. The third-order valence-corrected chi connectivity index (χ3v) is 11.5. The number of nitrogens with zero attached hydrogens (tertiary/aromatic N) is 3. The van der Waals surface area contributed by atoms with Crippen LogP contribution in [0.25, 0.3) is 11.4 Å². The SMILES string of the molecule is CC(=O)N1CCN(Cc2ccc(-c3ccc(C(CC4CCOCC4)c4ccc(S(=O)(=O)C5CC5)cc4)[nH]3)nc2)C[C@@H]1C. The van der Waals surface area contributed by atoms with E-state index in [1.165, 1.54) is 0 Å². The minimum atomic E-state index is -3.21. The van der Waals surface area contributed by atoms with Crippen molar-refractivity contribution in [1.82, 2.24) is 19.8 Å². The first-order chi connectivity index (χ1) is 20.3. The quantitative estimate of drug-likeness (QED) is 0.376. The van der Waals surface area contributed by atoms with Gasteiger partial charge in [0.2, 0.25) is 5.91 Å². The predicted molar refractivity (Wildman–Crippen MR) is 163 cm³/mol. The second kappa shape index (κ2) is 12.3. The molecule has 2 saturated heterocycles. The lowest BCUT2D eigenvalue weighted by atomic mass is 9.83. The Morgan fingerprint density at radius 2 is 1.79 bits per heavy atom. The molecule has 1 aliphatic carbocycles. The summed E-state index contributed by atoms with van der Waals surface area (Å²) in [6.07, 6.45) is 6.58. The highest BCUT2D eigenvalue weighted by atomic mass is 32.2. The Morgan fingerprint density at radius 3 is 2.43 bits per heavy atom. The second-order valence-electron chi connectivity index (χ2n) is 12.3. The molecule has 1 saturated carbocycles. The van der Waals surface area contributed by atoms with Crippen molar-refractivity contribution in [3.05, 3.63) is 71.5 Å². The van der Waals surface area contributed by atoms with Crippen molar-refractivity contribution in [1.29, 1.82) is 0 Å². The number of H-pyrrole nitrogens is 1. The number of piperazine rings is 1. The Bertz CT molecular complexity index is 1470. The molecule has 1 N–H and O–H groups in total. The Morgan fingerprint density at radius 1 is 1.02 bits per heavy atom. The van der Waals surface area contributed by atoms with Crippen molar-refractivity contribution in [3.8, 4) is 11.4 Å². The number of pyridine rings is 1. The van der Waals surface area contributed by atoms with E-state index in [0.29, 0.717) is 10.8 Å². The van der Waals surface area contributed by atoms with Crippen molar-refractivity contribution >= 4 is 15.7 Å². The lowest BCUT2D eigenvalue weighted by Crippen LogP contribution is -2.52. The molecule has 3 aromatic rings. The number of carbonyl (C=O) groups is 1. The van der Waals surface area contributed by atoms with Gasteiger partial charge in [0, 0.05) is 70.2 Å². The van der Waals surface area contributed by atoms with Crippen LogP contribution in [0.3, 0.4) is 0 Å². The first-order valence-electron chi connectivity index (χ1n) is 15.3. The minimum Gasteiger partial charge on any atom is -0.381 e. The maximum atomic E-state index is 12.8. The molecule has 0 spiro atoms. The standard InChI is InChI=1S/C33H42N4O4S/c1-23-21-36(15-16-37(23)24(2)38)22-26-3-10-32(34-20-26)33-12-11-31(35-33)30(19-25-13-17-41-18-14-25)27-4-6-28(7-5-27)42(39,40)29-8-9-29/h3-7,10-12,20,23,25,29-30,35H,8-9,13-19,21-22H2,1-2H3/t23-,30?/m0/s1. The number of carbonyl (C=O) groups excluding carboxylic acids is 1. The van der Waals surface area contributed by atoms with Gasteiger partial charge in [-0.05, 0) is 86.4 Å². The van der Waals surface area contributed by atoms with Crippen LogP contribution in [-0.4, -0.2) is 78.2 Å². The van der Waals surface area contributed by atoms with Crippen molar-refractivity contribution in [3.63, 3.8) is 0 Å². The van der Waals surface area contributed by atoms with Crippen LogP contribution in [0.1, 0.15) is 68.7 Å². The molecule has 2 atom stereocenters. The lowest BCUT2D eigenvalue weighted by molar-refractivity contribution is -0.133. The number of hydrogen-bond acceptors (Lipinski definition) is 6. The zero-order valence-corrected chi connectivity index (χ0v) is 25.5. The molecule has 0 radical (unpaired) electrons. The predicted octanol–water partition coefficient (Wildman–Crippen LogP) is 5.01. The molecule has 2 aromatic heterocycles. The van der Waals surface area contributed by atoms with E-state index in [-0.39, 0.29) is 23.1 Å². The van der Waals surface area contributed by atoms with Gasteiger partial charge < -0.3 is 14.6 Å². The Balaban J connectivity index is 1.17. The zero-order valence-electron chi connectivity index (χ0n) is 24.7. The van der Waals surface area contributed by atoms with Gasteiger partial charge in [0.15, 0.2) is 9.84 Å². The van der Waals surface area contributed by atoms with Gasteiger partial charge in [0.1, 0.15) is 0 Å². The molecular formula is C33H42N4O4S. The van der Waals surface area contributed by atoms with E-state index < -0.39 is 9.84 Å². The highest BCUT2D eigenvalue weighted by Gasteiger charge is 2.37.